The van der Waals surface area contributed by atoms with Crippen LogP contribution in [0, 0.1) is 11.8 Å². The zero-order chi connectivity index (χ0) is 10.5. The van der Waals surface area contributed by atoms with Crippen molar-refractivity contribution in [1.29, 1.82) is 0 Å². The van der Waals surface area contributed by atoms with E-state index in [1.807, 2.05) is 0 Å². The molecule has 2 fully saturated rings. The number of rotatable bonds is 5. The molecule has 0 aromatic heterocycles. The standard InChI is InChI=1S/C14H26O/c15-14(10-9-12-7-8-12)11-13-5-3-1-2-4-6-13/h12-15H,1-11H2. The Morgan fingerprint density at radius 2 is 1.53 bits per heavy atom. The molecule has 88 valence electrons. The molecule has 0 aromatic rings. The Bertz CT molecular complexity index is 166. The second-order valence-corrected chi connectivity index (χ2v) is 5.77. The van der Waals surface area contributed by atoms with E-state index in [0.29, 0.717) is 0 Å². The van der Waals surface area contributed by atoms with E-state index in [1.165, 1.54) is 57.8 Å². The van der Waals surface area contributed by atoms with Crippen molar-refractivity contribution in [3.05, 3.63) is 0 Å². The Hall–Kier alpha value is -0.0400. The second-order valence-electron chi connectivity index (χ2n) is 5.77. The highest BCUT2D eigenvalue weighted by Crippen LogP contribution is 2.35. The summed E-state index contributed by atoms with van der Waals surface area (Å²) >= 11 is 0. The Morgan fingerprint density at radius 1 is 0.867 bits per heavy atom. The van der Waals surface area contributed by atoms with E-state index in [4.69, 9.17) is 0 Å². The molecule has 1 atom stereocenters. The van der Waals surface area contributed by atoms with Crippen LogP contribution in [0.5, 0.6) is 0 Å². The minimum absolute atomic E-state index is 0.00806. The van der Waals surface area contributed by atoms with Gasteiger partial charge in [0.15, 0.2) is 0 Å². The van der Waals surface area contributed by atoms with Crippen LogP contribution in [0.25, 0.3) is 0 Å². The SMILES string of the molecule is OC(CCC1CC1)CC1CCCCCC1. The summed E-state index contributed by atoms with van der Waals surface area (Å²) in [7, 11) is 0. The Kier molecular flexibility index (Phi) is 4.49. The molecule has 1 nitrogen and oxygen atoms in total. The average Bonchev–Trinajstić information content (AvgIpc) is 3.03. The molecular weight excluding hydrogens is 184 g/mol. The molecule has 0 heterocycles. The van der Waals surface area contributed by atoms with Gasteiger partial charge in [-0.25, -0.2) is 0 Å². The second kappa shape index (κ2) is 5.89. The first-order chi connectivity index (χ1) is 7.34. The molecule has 0 saturated heterocycles. The predicted octanol–water partition coefficient (Wildman–Crippen LogP) is 3.90. The molecule has 0 amide bonds. The molecular formula is C14H26O. The van der Waals surface area contributed by atoms with Crippen molar-refractivity contribution >= 4 is 0 Å². The third-order valence-corrected chi connectivity index (χ3v) is 4.19. The summed E-state index contributed by atoms with van der Waals surface area (Å²) in [5.41, 5.74) is 0. The number of hydrogen-bond donors (Lipinski definition) is 1. The van der Waals surface area contributed by atoms with Gasteiger partial charge < -0.3 is 5.11 Å². The molecule has 2 aliphatic carbocycles. The summed E-state index contributed by atoms with van der Waals surface area (Å²) in [5.74, 6) is 1.82. The maximum absolute atomic E-state index is 9.97. The van der Waals surface area contributed by atoms with Gasteiger partial charge in [0.25, 0.3) is 0 Å². The highest BCUT2D eigenvalue weighted by Gasteiger charge is 2.23. The van der Waals surface area contributed by atoms with Crippen LogP contribution < -0.4 is 0 Å². The third-order valence-electron chi connectivity index (χ3n) is 4.19. The molecule has 2 aliphatic rings. The summed E-state index contributed by atoms with van der Waals surface area (Å²) in [6.07, 6.45) is 14.7. The van der Waals surface area contributed by atoms with E-state index in [0.717, 1.165) is 24.7 Å². The van der Waals surface area contributed by atoms with Gasteiger partial charge in [-0.2, -0.15) is 0 Å². The van der Waals surface area contributed by atoms with Gasteiger partial charge in [-0.1, -0.05) is 51.4 Å². The van der Waals surface area contributed by atoms with Gasteiger partial charge in [-0.15, -0.1) is 0 Å². The van der Waals surface area contributed by atoms with E-state index in [2.05, 4.69) is 0 Å². The molecule has 0 spiro atoms. The zero-order valence-electron chi connectivity index (χ0n) is 9.96. The fourth-order valence-electron chi connectivity index (χ4n) is 2.94. The Labute approximate surface area is 94.3 Å². The van der Waals surface area contributed by atoms with Gasteiger partial charge in [-0.05, 0) is 31.1 Å². The Balaban J connectivity index is 1.60. The number of aliphatic hydroxyl groups excluding tert-OH is 1. The first kappa shape index (κ1) is 11.4. The van der Waals surface area contributed by atoms with Gasteiger partial charge in [0.2, 0.25) is 0 Å². The normalized spacial score (nSPS) is 26.2. The molecule has 15 heavy (non-hydrogen) atoms. The smallest absolute Gasteiger partial charge is 0.0543 e. The van der Waals surface area contributed by atoms with Gasteiger partial charge in [0.05, 0.1) is 6.10 Å². The van der Waals surface area contributed by atoms with E-state index in [-0.39, 0.29) is 6.10 Å². The van der Waals surface area contributed by atoms with Crippen LogP contribution in [0.4, 0.5) is 0 Å². The fourth-order valence-corrected chi connectivity index (χ4v) is 2.94. The lowest BCUT2D eigenvalue weighted by Crippen LogP contribution is -2.13. The third kappa shape index (κ3) is 4.55. The van der Waals surface area contributed by atoms with Crippen LogP contribution in [0.1, 0.15) is 70.6 Å². The summed E-state index contributed by atoms with van der Waals surface area (Å²) in [5, 5.41) is 9.97. The van der Waals surface area contributed by atoms with Gasteiger partial charge >= 0.3 is 0 Å². The lowest BCUT2D eigenvalue weighted by Gasteiger charge is -2.18. The molecule has 0 aromatic carbocycles. The van der Waals surface area contributed by atoms with Crippen LogP contribution >= 0.6 is 0 Å². The molecule has 2 rings (SSSR count). The van der Waals surface area contributed by atoms with Gasteiger partial charge in [0.1, 0.15) is 0 Å². The highest BCUT2D eigenvalue weighted by atomic mass is 16.3. The molecule has 0 bridgehead atoms. The topological polar surface area (TPSA) is 20.2 Å². The maximum atomic E-state index is 9.97. The van der Waals surface area contributed by atoms with Crippen LogP contribution in [-0.2, 0) is 0 Å². The summed E-state index contributed by atoms with van der Waals surface area (Å²) in [6, 6.07) is 0. The van der Waals surface area contributed by atoms with E-state index < -0.39 is 0 Å². The van der Waals surface area contributed by atoms with Crippen molar-refractivity contribution in [3.8, 4) is 0 Å². The summed E-state index contributed by atoms with van der Waals surface area (Å²) < 4.78 is 0. The zero-order valence-corrected chi connectivity index (χ0v) is 9.96. The minimum atomic E-state index is 0.00806. The first-order valence-corrected chi connectivity index (χ1v) is 7.02. The van der Waals surface area contributed by atoms with Crippen molar-refractivity contribution in [2.75, 3.05) is 0 Å². The number of aliphatic hydroxyl groups is 1. The first-order valence-electron chi connectivity index (χ1n) is 7.02. The summed E-state index contributed by atoms with van der Waals surface area (Å²) in [4.78, 5) is 0. The molecule has 1 heteroatoms. The molecule has 0 radical (unpaired) electrons. The van der Waals surface area contributed by atoms with Crippen molar-refractivity contribution in [2.24, 2.45) is 11.8 Å². The van der Waals surface area contributed by atoms with Crippen LogP contribution in [0.3, 0.4) is 0 Å². The minimum Gasteiger partial charge on any atom is -0.393 e. The molecule has 2 saturated carbocycles. The van der Waals surface area contributed by atoms with Gasteiger partial charge in [-0.3, -0.25) is 0 Å². The van der Waals surface area contributed by atoms with Crippen LogP contribution in [-0.4, -0.2) is 11.2 Å². The number of hydrogen-bond acceptors (Lipinski definition) is 1. The fraction of sp³-hybridized carbons (Fsp3) is 1.00. The van der Waals surface area contributed by atoms with Crippen LogP contribution in [0.2, 0.25) is 0 Å². The lowest BCUT2D eigenvalue weighted by atomic mass is 9.92. The quantitative estimate of drug-likeness (QED) is 0.682. The van der Waals surface area contributed by atoms with Crippen molar-refractivity contribution in [3.63, 3.8) is 0 Å². The van der Waals surface area contributed by atoms with Crippen molar-refractivity contribution in [2.45, 2.75) is 76.7 Å². The molecule has 1 N–H and O–H groups in total. The molecule has 0 aliphatic heterocycles. The predicted molar refractivity (Wildman–Crippen MR) is 63.8 cm³/mol. The van der Waals surface area contributed by atoms with Crippen molar-refractivity contribution in [1.82, 2.24) is 0 Å². The van der Waals surface area contributed by atoms with Crippen molar-refractivity contribution < 1.29 is 5.11 Å². The Morgan fingerprint density at radius 3 is 2.13 bits per heavy atom. The van der Waals surface area contributed by atoms with E-state index >= 15 is 0 Å². The lowest BCUT2D eigenvalue weighted by molar-refractivity contribution is 0.124. The highest BCUT2D eigenvalue weighted by molar-refractivity contribution is 4.75. The van der Waals surface area contributed by atoms with Crippen LogP contribution in [0.15, 0.2) is 0 Å². The van der Waals surface area contributed by atoms with E-state index in [9.17, 15) is 5.11 Å². The average molecular weight is 210 g/mol. The summed E-state index contributed by atoms with van der Waals surface area (Å²) in [6.45, 7) is 0. The monoisotopic (exact) mass is 210 g/mol. The maximum Gasteiger partial charge on any atom is 0.0543 e. The van der Waals surface area contributed by atoms with Gasteiger partial charge in [0, 0.05) is 0 Å². The molecule has 1 unspecified atom stereocenters. The van der Waals surface area contributed by atoms with E-state index in [1.54, 1.807) is 0 Å². The largest absolute Gasteiger partial charge is 0.393 e.